The highest BCUT2D eigenvalue weighted by Crippen LogP contribution is 2.25. The molecule has 5 N–H and O–H groups in total. The Morgan fingerprint density at radius 2 is 1.75 bits per heavy atom. The number of hydrogen-bond donors (Lipinski definition) is 4. The summed E-state index contributed by atoms with van der Waals surface area (Å²) in [5, 5.41) is 13.2. The molecule has 0 saturated carbocycles. The van der Waals surface area contributed by atoms with Gasteiger partial charge in [0.1, 0.15) is 0 Å². The van der Waals surface area contributed by atoms with E-state index in [-0.39, 0.29) is 17.9 Å². The van der Waals surface area contributed by atoms with Crippen molar-refractivity contribution in [1.82, 2.24) is 15.0 Å². The number of nitrogens with two attached hydrogens (primary N) is 1. The molecule has 1 rings (SSSR count). The van der Waals surface area contributed by atoms with Crippen LogP contribution in [0.2, 0.25) is 0 Å². The van der Waals surface area contributed by atoms with E-state index >= 15 is 0 Å². The predicted octanol–water partition coefficient (Wildman–Crippen LogP) is 0.907. The van der Waals surface area contributed by atoms with E-state index in [4.69, 9.17) is 10.6 Å². The molecule has 1 aromatic rings. The second-order valence-electron chi connectivity index (χ2n) is 5.57. The fraction of sp³-hybridized carbons (Fsp3) is 0.750. The Bertz CT molecular complexity index is 444. The van der Waals surface area contributed by atoms with Crippen LogP contribution in [0.5, 0.6) is 6.01 Å². The van der Waals surface area contributed by atoms with E-state index in [1.165, 1.54) is 0 Å². The number of ether oxygens (including phenoxy) is 1. The fourth-order valence-electron chi connectivity index (χ4n) is 1.17. The lowest BCUT2D eigenvalue weighted by Gasteiger charge is -2.37. The van der Waals surface area contributed by atoms with Crippen molar-refractivity contribution in [2.75, 3.05) is 17.3 Å². The van der Waals surface area contributed by atoms with Gasteiger partial charge in [0.2, 0.25) is 11.9 Å². The minimum absolute atomic E-state index is 0.184. The molecule has 8 heteroatoms. The van der Waals surface area contributed by atoms with Gasteiger partial charge in [0.05, 0.1) is 17.7 Å². The van der Waals surface area contributed by atoms with Crippen molar-refractivity contribution in [3.05, 3.63) is 0 Å². The highest BCUT2D eigenvalue weighted by molar-refractivity contribution is 5.37. The van der Waals surface area contributed by atoms with Gasteiger partial charge in [-0.1, -0.05) is 6.92 Å². The average Bonchev–Trinajstić information content (AvgIpc) is 2.34. The molecule has 0 fully saturated rings. The maximum absolute atomic E-state index is 10.1. The van der Waals surface area contributed by atoms with Crippen LogP contribution in [0.15, 0.2) is 0 Å². The van der Waals surface area contributed by atoms with Crippen LogP contribution < -0.4 is 21.3 Å². The number of aliphatic hydroxyl groups is 1. The molecular formula is C12H24N6O2. The molecule has 1 heterocycles. The maximum Gasteiger partial charge on any atom is 0.323 e. The zero-order valence-corrected chi connectivity index (χ0v) is 12.7. The third-order valence-corrected chi connectivity index (χ3v) is 3.13. The van der Waals surface area contributed by atoms with Crippen LogP contribution in [0, 0.1) is 0 Å². The third-order valence-electron chi connectivity index (χ3n) is 3.13. The smallest absolute Gasteiger partial charge is 0.323 e. The molecule has 0 aliphatic heterocycles. The Morgan fingerprint density at radius 1 is 1.15 bits per heavy atom. The van der Waals surface area contributed by atoms with Crippen LogP contribution in [-0.2, 0) is 0 Å². The highest BCUT2D eigenvalue weighted by Gasteiger charge is 2.35. The molecule has 20 heavy (non-hydrogen) atoms. The van der Waals surface area contributed by atoms with Gasteiger partial charge >= 0.3 is 6.01 Å². The SMILES string of the molecule is CCCOc1nc(NN)nc(NC(C)(C)C(C)(C)O)n1. The summed E-state index contributed by atoms with van der Waals surface area (Å²) in [6.07, 6.45) is 0.842. The zero-order chi connectivity index (χ0) is 15.4. The standard InChI is InChI=1S/C12H24N6O2/c1-6-7-20-10-15-8(14-9(16-10)18-13)17-11(2,3)12(4,5)19/h19H,6-7,13H2,1-5H3,(H2,14,15,16,17,18). The largest absolute Gasteiger partial charge is 0.463 e. The minimum Gasteiger partial charge on any atom is -0.463 e. The highest BCUT2D eigenvalue weighted by atomic mass is 16.5. The molecule has 0 spiro atoms. The lowest BCUT2D eigenvalue weighted by molar-refractivity contribution is 0.0236. The summed E-state index contributed by atoms with van der Waals surface area (Å²) in [4.78, 5) is 12.3. The molecule has 0 saturated heterocycles. The molecule has 0 aliphatic carbocycles. The van der Waals surface area contributed by atoms with E-state index in [1.807, 2.05) is 20.8 Å². The molecule has 1 aromatic heterocycles. The van der Waals surface area contributed by atoms with Crippen molar-refractivity contribution in [3.8, 4) is 6.01 Å². The number of anilines is 2. The molecule has 114 valence electrons. The van der Waals surface area contributed by atoms with Crippen LogP contribution in [0.1, 0.15) is 41.0 Å². The second kappa shape index (κ2) is 6.19. The summed E-state index contributed by atoms with van der Waals surface area (Å²) >= 11 is 0. The van der Waals surface area contributed by atoms with Crippen molar-refractivity contribution in [2.24, 2.45) is 5.84 Å². The normalized spacial score (nSPS) is 12.2. The molecule has 0 bridgehead atoms. The molecule has 0 radical (unpaired) electrons. The molecule has 0 aliphatic rings. The van der Waals surface area contributed by atoms with Gasteiger partial charge in [0.15, 0.2) is 0 Å². The summed E-state index contributed by atoms with van der Waals surface area (Å²) in [5.74, 6) is 5.81. The first kappa shape index (κ1) is 16.4. The Morgan fingerprint density at radius 3 is 2.25 bits per heavy atom. The first-order chi connectivity index (χ1) is 9.19. The number of nitrogens with one attached hydrogen (secondary N) is 2. The number of aromatic nitrogens is 3. The van der Waals surface area contributed by atoms with Gasteiger partial charge in [-0.15, -0.1) is 0 Å². The van der Waals surface area contributed by atoms with Crippen molar-refractivity contribution in [2.45, 2.75) is 52.2 Å². The maximum atomic E-state index is 10.1. The van der Waals surface area contributed by atoms with Gasteiger partial charge in [-0.25, -0.2) is 5.84 Å². The number of nitrogens with zero attached hydrogens (tertiary/aromatic N) is 3. The van der Waals surface area contributed by atoms with E-state index in [0.717, 1.165) is 6.42 Å². The van der Waals surface area contributed by atoms with Crippen molar-refractivity contribution in [3.63, 3.8) is 0 Å². The summed E-state index contributed by atoms with van der Waals surface area (Å²) in [6, 6.07) is 0.184. The predicted molar refractivity (Wildman–Crippen MR) is 77.4 cm³/mol. The first-order valence-electron chi connectivity index (χ1n) is 6.55. The van der Waals surface area contributed by atoms with Crippen LogP contribution in [-0.4, -0.2) is 37.8 Å². The van der Waals surface area contributed by atoms with Gasteiger partial charge in [-0.05, 0) is 34.1 Å². The average molecular weight is 284 g/mol. The van der Waals surface area contributed by atoms with E-state index in [0.29, 0.717) is 6.61 Å². The Kier molecular flexibility index (Phi) is 5.07. The minimum atomic E-state index is -0.972. The topological polar surface area (TPSA) is 118 Å². The molecule has 8 nitrogen and oxygen atoms in total. The fourth-order valence-corrected chi connectivity index (χ4v) is 1.17. The second-order valence-corrected chi connectivity index (χ2v) is 5.57. The Labute approximate surface area is 119 Å². The summed E-state index contributed by atoms with van der Waals surface area (Å²) < 4.78 is 5.38. The van der Waals surface area contributed by atoms with Crippen LogP contribution in [0.4, 0.5) is 11.9 Å². The van der Waals surface area contributed by atoms with Crippen molar-refractivity contribution in [1.29, 1.82) is 0 Å². The molecular weight excluding hydrogens is 260 g/mol. The molecule has 0 amide bonds. The van der Waals surface area contributed by atoms with Gasteiger partial charge in [0.25, 0.3) is 0 Å². The van der Waals surface area contributed by atoms with Crippen molar-refractivity contribution >= 4 is 11.9 Å². The van der Waals surface area contributed by atoms with E-state index in [2.05, 4.69) is 25.7 Å². The number of rotatable bonds is 7. The van der Waals surface area contributed by atoms with Gasteiger partial charge in [-0.3, -0.25) is 5.43 Å². The Balaban J connectivity index is 2.99. The number of hydrazine groups is 1. The van der Waals surface area contributed by atoms with Crippen LogP contribution in [0.25, 0.3) is 0 Å². The number of nitrogen functional groups attached to an aromatic ring is 1. The summed E-state index contributed by atoms with van der Waals surface area (Å²) in [7, 11) is 0. The lowest BCUT2D eigenvalue weighted by Crippen LogP contribution is -2.51. The molecule has 0 unspecified atom stereocenters. The number of hydrogen-bond acceptors (Lipinski definition) is 8. The van der Waals surface area contributed by atoms with E-state index < -0.39 is 11.1 Å². The van der Waals surface area contributed by atoms with E-state index in [9.17, 15) is 5.11 Å². The quantitative estimate of drug-likeness (QED) is 0.431. The monoisotopic (exact) mass is 284 g/mol. The van der Waals surface area contributed by atoms with E-state index in [1.54, 1.807) is 13.8 Å². The lowest BCUT2D eigenvalue weighted by atomic mass is 9.86. The summed E-state index contributed by atoms with van der Waals surface area (Å²) in [5.41, 5.74) is 0.742. The zero-order valence-electron chi connectivity index (χ0n) is 12.7. The summed E-state index contributed by atoms with van der Waals surface area (Å²) in [6.45, 7) is 9.59. The van der Waals surface area contributed by atoms with Crippen molar-refractivity contribution < 1.29 is 9.84 Å². The molecule has 0 atom stereocenters. The van der Waals surface area contributed by atoms with Gasteiger partial charge < -0.3 is 15.2 Å². The van der Waals surface area contributed by atoms with Gasteiger partial charge in [-0.2, -0.15) is 15.0 Å². The third kappa shape index (κ3) is 4.17. The molecule has 0 aromatic carbocycles. The van der Waals surface area contributed by atoms with Crippen LogP contribution >= 0.6 is 0 Å². The first-order valence-corrected chi connectivity index (χ1v) is 6.55. The Hall–Kier alpha value is -1.67. The van der Waals surface area contributed by atoms with Crippen LogP contribution in [0.3, 0.4) is 0 Å². The van der Waals surface area contributed by atoms with Gasteiger partial charge in [0, 0.05) is 0 Å².